The molecule has 3 nitrogen and oxygen atoms in total. The molecule has 3 heteroatoms. The smallest absolute Gasteiger partial charge is 0.0590 e. The Kier molecular flexibility index (Phi) is 7.72. The average Bonchev–Trinajstić information content (AvgIpc) is 2.43. The molecular weight excluding hydrogens is 238 g/mol. The van der Waals surface area contributed by atoms with E-state index in [2.05, 4.69) is 49.5 Å². The normalized spacial score (nSPS) is 11.7. The highest BCUT2D eigenvalue weighted by atomic mass is 16.5. The lowest BCUT2D eigenvalue weighted by Crippen LogP contribution is -2.34. The second-order valence-corrected chi connectivity index (χ2v) is 5.39. The number of hydrogen-bond donors (Lipinski definition) is 1. The van der Waals surface area contributed by atoms with Crippen LogP contribution in [0.1, 0.15) is 25.8 Å². The van der Waals surface area contributed by atoms with Crippen molar-refractivity contribution in [2.45, 2.75) is 25.7 Å². The van der Waals surface area contributed by atoms with Gasteiger partial charge in [0.2, 0.25) is 0 Å². The van der Waals surface area contributed by atoms with Crippen molar-refractivity contribution in [2.24, 2.45) is 0 Å². The zero-order valence-electron chi connectivity index (χ0n) is 12.4. The van der Waals surface area contributed by atoms with Gasteiger partial charge in [0.1, 0.15) is 0 Å². The Bertz CT molecular complexity index is 325. The van der Waals surface area contributed by atoms with E-state index >= 15 is 0 Å². The summed E-state index contributed by atoms with van der Waals surface area (Å²) in [5.74, 6) is 0. The molecule has 0 aliphatic carbocycles. The molecule has 0 aliphatic rings. The van der Waals surface area contributed by atoms with Gasteiger partial charge in [-0.25, -0.2) is 0 Å². The van der Waals surface area contributed by atoms with Gasteiger partial charge in [-0.3, -0.25) is 0 Å². The molecule has 0 saturated carbocycles. The number of hydrogen-bond acceptors (Lipinski definition) is 3. The molecule has 1 N–H and O–H groups in total. The summed E-state index contributed by atoms with van der Waals surface area (Å²) in [5, 5.41) is 3.46. The van der Waals surface area contributed by atoms with E-state index in [9.17, 15) is 0 Å². The Labute approximate surface area is 117 Å². The molecule has 0 aliphatic heterocycles. The number of methoxy groups -OCH3 is 1. The predicted molar refractivity (Wildman–Crippen MR) is 79.6 cm³/mol. The predicted octanol–water partition coefficient (Wildman–Crippen LogP) is 2.61. The van der Waals surface area contributed by atoms with E-state index < -0.39 is 0 Å². The van der Waals surface area contributed by atoms with Crippen LogP contribution >= 0.6 is 0 Å². The van der Waals surface area contributed by atoms with E-state index in [0.29, 0.717) is 0 Å². The van der Waals surface area contributed by atoms with Crippen LogP contribution in [0.3, 0.4) is 0 Å². The van der Waals surface area contributed by atoms with Gasteiger partial charge >= 0.3 is 0 Å². The molecule has 1 aromatic rings. The van der Waals surface area contributed by atoms with Crippen molar-refractivity contribution in [3.8, 4) is 0 Å². The number of ether oxygens (including phenoxy) is 2. The quantitative estimate of drug-likeness (QED) is 0.660. The van der Waals surface area contributed by atoms with Crippen molar-refractivity contribution in [3.05, 3.63) is 35.9 Å². The summed E-state index contributed by atoms with van der Waals surface area (Å²) in [6.45, 7) is 8.67. The Morgan fingerprint density at radius 1 is 1.05 bits per heavy atom. The first-order valence-electron chi connectivity index (χ1n) is 7.00. The van der Waals surface area contributed by atoms with Crippen LogP contribution in [0.5, 0.6) is 0 Å². The molecule has 0 aromatic heterocycles. The molecule has 1 rings (SSSR count). The summed E-state index contributed by atoms with van der Waals surface area (Å²) in [7, 11) is 1.72. The van der Waals surface area contributed by atoms with Crippen molar-refractivity contribution in [3.63, 3.8) is 0 Å². The van der Waals surface area contributed by atoms with Crippen LogP contribution in [0.2, 0.25) is 0 Å². The maximum Gasteiger partial charge on any atom is 0.0590 e. The Balaban J connectivity index is 2.12. The van der Waals surface area contributed by atoms with Crippen LogP contribution in [0.4, 0.5) is 0 Å². The first-order valence-corrected chi connectivity index (χ1v) is 7.00. The Morgan fingerprint density at radius 2 is 1.79 bits per heavy atom. The lowest BCUT2D eigenvalue weighted by molar-refractivity contribution is 0.104. The van der Waals surface area contributed by atoms with Crippen molar-refractivity contribution in [1.29, 1.82) is 0 Å². The molecule has 0 bridgehead atoms. The fraction of sp³-hybridized carbons (Fsp3) is 0.625. The molecule has 1 aromatic carbocycles. The number of benzene rings is 1. The third kappa shape index (κ3) is 6.71. The van der Waals surface area contributed by atoms with E-state index in [0.717, 1.165) is 39.3 Å². The standard InChI is InChI=1S/C16H27NO2/c1-16(2,15-8-5-4-6-9-15)14-17-10-13-19-12-7-11-18-3/h4-6,8-9,17H,7,10-14H2,1-3H3. The van der Waals surface area contributed by atoms with Gasteiger partial charge in [-0.15, -0.1) is 0 Å². The van der Waals surface area contributed by atoms with Crippen molar-refractivity contribution < 1.29 is 9.47 Å². The van der Waals surface area contributed by atoms with Gasteiger partial charge in [0.05, 0.1) is 6.61 Å². The van der Waals surface area contributed by atoms with Gasteiger partial charge in [0.15, 0.2) is 0 Å². The topological polar surface area (TPSA) is 30.5 Å². The van der Waals surface area contributed by atoms with E-state index in [4.69, 9.17) is 9.47 Å². The Hall–Kier alpha value is -0.900. The molecule has 0 spiro atoms. The molecule has 108 valence electrons. The summed E-state index contributed by atoms with van der Waals surface area (Å²) < 4.78 is 10.5. The van der Waals surface area contributed by atoms with Crippen LogP contribution in [-0.2, 0) is 14.9 Å². The number of rotatable bonds is 10. The van der Waals surface area contributed by atoms with Gasteiger partial charge in [-0.1, -0.05) is 44.2 Å². The minimum Gasteiger partial charge on any atom is -0.385 e. The summed E-state index contributed by atoms with van der Waals surface area (Å²) in [6, 6.07) is 10.6. The van der Waals surface area contributed by atoms with Crippen molar-refractivity contribution in [1.82, 2.24) is 5.32 Å². The second kappa shape index (κ2) is 9.08. The first-order chi connectivity index (χ1) is 9.17. The average molecular weight is 265 g/mol. The van der Waals surface area contributed by atoms with Crippen molar-refractivity contribution >= 4 is 0 Å². The van der Waals surface area contributed by atoms with Crippen LogP contribution in [-0.4, -0.2) is 40.0 Å². The molecule has 0 radical (unpaired) electrons. The minimum absolute atomic E-state index is 0.150. The summed E-state index contributed by atoms with van der Waals surface area (Å²) >= 11 is 0. The molecule has 0 amide bonds. The second-order valence-electron chi connectivity index (χ2n) is 5.39. The fourth-order valence-electron chi connectivity index (χ4n) is 1.94. The molecular formula is C16H27NO2. The first kappa shape index (κ1) is 16.2. The SMILES string of the molecule is COCCCOCCNCC(C)(C)c1ccccc1. The highest BCUT2D eigenvalue weighted by molar-refractivity contribution is 5.23. The van der Waals surface area contributed by atoms with Gasteiger partial charge in [0, 0.05) is 38.8 Å². The largest absolute Gasteiger partial charge is 0.385 e. The summed E-state index contributed by atoms with van der Waals surface area (Å²) in [5.41, 5.74) is 1.51. The highest BCUT2D eigenvalue weighted by Gasteiger charge is 2.19. The minimum atomic E-state index is 0.150. The molecule has 0 saturated heterocycles. The monoisotopic (exact) mass is 265 g/mol. The third-order valence-electron chi connectivity index (χ3n) is 3.18. The molecule has 0 fully saturated rings. The lowest BCUT2D eigenvalue weighted by Gasteiger charge is -2.25. The molecule has 0 atom stereocenters. The van der Waals surface area contributed by atoms with E-state index in [1.54, 1.807) is 7.11 Å². The summed E-state index contributed by atoms with van der Waals surface area (Å²) in [6.07, 6.45) is 0.964. The maximum absolute atomic E-state index is 5.51. The number of nitrogens with one attached hydrogen (secondary N) is 1. The van der Waals surface area contributed by atoms with Crippen LogP contribution in [0.25, 0.3) is 0 Å². The Morgan fingerprint density at radius 3 is 2.47 bits per heavy atom. The maximum atomic E-state index is 5.51. The fourth-order valence-corrected chi connectivity index (χ4v) is 1.94. The van der Waals surface area contributed by atoms with Gasteiger partial charge in [-0.05, 0) is 12.0 Å². The highest BCUT2D eigenvalue weighted by Crippen LogP contribution is 2.21. The molecule has 0 unspecified atom stereocenters. The van der Waals surface area contributed by atoms with Gasteiger partial charge < -0.3 is 14.8 Å². The van der Waals surface area contributed by atoms with E-state index in [-0.39, 0.29) is 5.41 Å². The van der Waals surface area contributed by atoms with Crippen LogP contribution < -0.4 is 5.32 Å². The third-order valence-corrected chi connectivity index (χ3v) is 3.18. The van der Waals surface area contributed by atoms with Crippen LogP contribution in [0, 0.1) is 0 Å². The van der Waals surface area contributed by atoms with Crippen molar-refractivity contribution in [2.75, 3.05) is 40.0 Å². The molecule has 0 heterocycles. The zero-order chi connectivity index (χ0) is 14.0. The van der Waals surface area contributed by atoms with Gasteiger partial charge in [0.25, 0.3) is 0 Å². The molecule has 19 heavy (non-hydrogen) atoms. The van der Waals surface area contributed by atoms with E-state index in [1.165, 1.54) is 5.56 Å². The lowest BCUT2D eigenvalue weighted by atomic mass is 9.85. The zero-order valence-corrected chi connectivity index (χ0v) is 12.4. The summed E-state index contributed by atoms with van der Waals surface area (Å²) in [4.78, 5) is 0. The van der Waals surface area contributed by atoms with E-state index in [1.807, 2.05) is 0 Å². The van der Waals surface area contributed by atoms with Crippen LogP contribution in [0.15, 0.2) is 30.3 Å². The van der Waals surface area contributed by atoms with Gasteiger partial charge in [-0.2, -0.15) is 0 Å².